The summed E-state index contributed by atoms with van der Waals surface area (Å²) in [4.78, 5) is 11.9. The zero-order valence-electron chi connectivity index (χ0n) is 8.35. The standard InChI is InChI=1S/C12H12ClNO/c13-10-3-1-2-9-8(10)4-5-12(9)6-7-14-11(12)15/h1-3H,4-7H2,(H,14,15). The molecule has 2 nitrogen and oxygen atoms in total. The minimum atomic E-state index is -0.264. The van der Waals surface area contributed by atoms with Crippen molar-refractivity contribution in [2.45, 2.75) is 24.7 Å². The Hall–Kier alpha value is -1.02. The number of nitrogens with one attached hydrogen (secondary N) is 1. The predicted octanol–water partition coefficient (Wildman–Crippen LogP) is 2.04. The number of carbonyl (C=O) groups excluding carboxylic acids is 1. The number of amides is 1. The zero-order chi connectivity index (χ0) is 10.5. The van der Waals surface area contributed by atoms with Gasteiger partial charge in [-0.3, -0.25) is 4.79 Å². The van der Waals surface area contributed by atoms with Crippen LogP contribution in [0.5, 0.6) is 0 Å². The molecule has 3 rings (SSSR count). The summed E-state index contributed by atoms with van der Waals surface area (Å²) in [7, 11) is 0. The third kappa shape index (κ3) is 1.08. The molecule has 1 heterocycles. The Morgan fingerprint density at radius 2 is 2.20 bits per heavy atom. The summed E-state index contributed by atoms with van der Waals surface area (Å²) in [6.07, 6.45) is 2.76. The summed E-state index contributed by atoms with van der Waals surface area (Å²) < 4.78 is 0. The van der Waals surface area contributed by atoms with Crippen LogP contribution < -0.4 is 5.32 Å². The molecule has 0 radical (unpaired) electrons. The van der Waals surface area contributed by atoms with E-state index in [1.165, 1.54) is 5.56 Å². The van der Waals surface area contributed by atoms with Gasteiger partial charge in [-0.25, -0.2) is 0 Å². The molecule has 1 aliphatic carbocycles. The third-order valence-electron chi connectivity index (χ3n) is 3.71. The topological polar surface area (TPSA) is 29.1 Å². The first-order chi connectivity index (χ1) is 7.24. The maximum Gasteiger partial charge on any atom is 0.230 e. The number of hydrogen-bond acceptors (Lipinski definition) is 1. The molecule has 3 heteroatoms. The SMILES string of the molecule is O=C1NCCC12CCc1c(Cl)cccc12. The van der Waals surface area contributed by atoms with Gasteiger partial charge in [-0.05, 0) is 36.5 Å². The quantitative estimate of drug-likeness (QED) is 0.714. The second kappa shape index (κ2) is 2.99. The van der Waals surface area contributed by atoms with Crippen LogP contribution in [0.3, 0.4) is 0 Å². The van der Waals surface area contributed by atoms with Gasteiger partial charge in [0.1, 0.15) is 0 Å². The summed E-state index contributed by atoms with van der Waals surface area (Å²) >= 11 is 6.15. The second-order valence-electron chi connectivity index (χ2n) is 4.35. The van der Waals surface area contributed by atoms with Crippen LogP contribution in [0.4, 0.5) is 0 Å². The van der Waals surface area contributed by atoms with E-state index in [2.05, 4.69) is 11.4 Å². The van der Waals surface area contributed by atoms with Crippen molar-refractivity contribution in [2.75, 3.05) is 6.54 Å². The fourth-order valence-corrected chi connectivity index (χ4v) is 3.17. The van der Waals surface area contributed by atoms with E-state index in [4.69, 9.17) is 11.6 Å². The molecule has 0 saturated carbocycles. The molecule has 0 bridgehead atoms. The van der Waals surface area contributed by atoms with Crippen LogP contribution in [0.1, 0.15) is 24.0 Å². The normalized spacial score (nSPS) is 28.2. The Morgan fingerprint density at radius 3 is 2.93 bits per heavy atom. The molecule has 1 aromatic carbocycles. The molecule has 15 heavy (non-hydrogen) atoms. The number of fused-ring (bicyclic) bond motifs is 2. The maximum absolute atomic E-state index is 11.9. The average molecular weight is 222 g/mol. The third-order valence-corrected chi connectivity index (χ3v) is 4.06. The first-order valence-corrected chi connectivity index (χ1v) is 5.68. The molecule has 1 N–H and O–H groups in total. The first kappa shape index (κ1) is 9.22. The van der Waals surface area contributed by atoms with E-state index in [9.17, 15) is 4.79 Å². The van der Waals surface area contributed by atoms with Crippen molar-refractivity contribution in [3.05, 3.63) is 34.3 Å². The van der Waals surface area contributed by atoms with Gasteiger partial charge in [-0.1, -0.05) is 23.7 Å². The van der Waals surface area contributed by atoms with E-state index in [-0.39, 0.29) is 11.3 Å². The summed E-state index contributed by atoms with van der Waals surface area (Å²) in [6, 6.07) is 5.91. The Balaban J connectivity index is 2.19. The van der Waals surface area contributed by atoms with E-state index in [1.54, 1.807) is 0 Å². The lowest BCUT2D eigenvalue weighted by Gasteiger charge is -2.20. The Kier molecular flexibility index (Phi) is 1.84. The highest BCUT2D eigenvalue weighted by molar-refractivity contribution is 6.31. The van der Waals surface area contributed by atoms with Gasteiger partial charge < -0.3 is 5.32 Å². The predicted molar refractivity (Wildman–Crippen MR) is 59.1 cm³/mol. The number of rotatable bonds is 0. The molecule has 2 aliphatic rings. The molecule has 78 valence electrons. The van der Waals surface area contributed by atoms with Crippen molar-refractivity contribution in [3.63, 3.8) is 0 Å². The lowest BCUT2D eigenvalue weighted by atomic mass is 9.80. The van der Waals surface area contributed by atoms with E-state index in [0.29, 0.717) is 0 Å². The highest BCUT2D eigenvalue weighted by Gasteiger charge is 2.48. The first-order valence-electron chi connectivity index (χ1n) is 5.30. The van der Waals surface area contributed by atoms with Crippen molar-refractivity contribution in [3.8, 4) is 0 Å². The Morgan fingerprint density at radius 1 is 1.33 bits per heavy atom. The molecule has 1 amide bonds. The van der Waals surface area contributed by atoms with Crippen LogP contribution >= 0.6 is 11.6 Å². The average Bonchev–Trinajstić information content (AvgIpc) is 2.77. The van der Waals surface area contributed by atoms with Gasteiger partial charge in [0, 0.05) is 11.6 Å². The molecule has 1 unspecified atom stereocenters. The van der Waals surface area contributed by atoms with Crippen LogP contribution in [-0.4, -0.2) is 12.5 Å². The number of halogens is 1. The summed E-state index contributed by atoms with van der Waals surface area (Å²) in [6.45, 7) is 0.796. The van der Waals surface area contributed by atoms with Crippen LogP contribution in [0, 0.1) is 0 Å². The van der Waals surface area contributed by atoms with Crippen molar-refractivity contribution in [2.24, 2.45) is 0 Å². The van der Waals surface area contributed by atoms with Gasteiger partial charge in [0.2, 0.25) is 5.91 Å². The van der Waals surface area contributed by atoms with Crippen molar-refractivity contribution >= 4 is 17.5 Å². The van der Waals surface area contributed by atoms with E-state index in [1.807, 2.05) is 12.1 Å². The summed E-state index contributed by atoms with van der Waals surface area (Å²) in [5, 5.41) is 3.74. The fraction of sp³-hybridized carbons (Fsp3) is 0.417. The van der Waals surface area contributed by atoms with Crippen LogP contribution in [0.25, 0.3) is 0 Å². The van der Waals surface area contributed by atoms with Gasteiger partial charge in [0.05, 0.1) is 5.41 Å². The number of carbonyl (C=O) groups is 1. The largest absolute Gasteiger partial charge is 0.355 e. The Labute approximate surface area is 93.6 Å². The van der Waals surface area contributed by atoms with Crippen molar-refractivity contribution in [1.29, 1.82) is 0 Å². The molecule has 1 aromatic rings. The fourth-order valence-electron chi connectivity index (χ4n) is 2.90. The molecule has 1 fully saturated rings. The summed E-state index contributed by atoms with van der Waals surface area (Å²) in [5.74, 6) is 0.184. The van der Waals surface area contributed by atoms with E-state index in [0.717, 1.165) is 36.4 Å². The van der Waals surface area contributed by atoms with Crippen molar-refractivity contribution in [1.82, 2.24) is 5.32 Å². The monoisotopic (exact) mass is 221 g/mol. The highest BCUT2D eigenvalue weighted by atomic mass is 35.5. The van der Waals surface area contributed by atoms with E-state index >= 15 is 0 Å². The summed E-state index contributed by atoms with van der Waals surface area (Å²) in [5.41, 5.74) is 2.07. The number of hydrogen-bond donors (Lipinski definition) is 1. The van der Waals surface area contributed by atoms with Crippen molar-refractivity contribution < 1.29 is 4.79 Å². The zero-order valence-corrected chi connectivity index (χ0v) is 9.10. The lowest BCUT2D eigenvalue weighted by Crippen LogP contribution is -2.33. The van der Waals surface area contributed by atoms with Gasteiger partial charge >= 0.3 is 0 Å². The molecule has 1 spiro atoms. The van der Waals surface area contributed by atoms with Crippen LogP contribution in [-0.2, 0) is 16.6 Å². The van der Waals surface area contributed by atoms with E-state index < -0.39 is 0 Å². The van der Waals surface area contributed by atoms with Crippen LogP contribution in [0.2, 0.25) is 5.02 Å². The smallest absolute Gasteiger partial charge is 0.230 e. The Bertz CT molecular complexity index is 443. The minimum Gasteiger partial charge on any atom is -0.355 e. The number of benzene rings is 1. The molecular formula is C12H12ClNO. The molecular weight excluding hydrogens is 210 g/mol. The van der Waals surface area contributed by atoms with Crippen LogP contribution in [0.15, 0.2) is 18.2 Å². The van der Waals surface area contributed by atoms with Gasteiger partial charge in [-0.2, -0.15) is 0 Å². The minimum absolute atomic E-state index is 0.184. The molecule has 1 atom stereocenters. The van der Waals surface area contributed by atoms with Gasteiger partial charge in [0.25, 0.3) is 0 Å². The van der Waals surface area contributed by atoms with Gasteiger partial charge in [0.15, 0.2) is 0 Å². The molecule has 0 aromatic heterocycles. The highest BCUT2D eigenvalue weighted by Crippen LogP contribution is 2.45. The molecule has 1 saturated heterocycles. The van der Waals surface area contributed by atoms with Gasteiger partial charge in [-0.15, -0.1) is 0 Å². The maximum atomic E-state index is 11.9. The second-order valence-corrected chi connectivity index (χ2v) is 4.76. The molecule has 1 aliphatic heterocycles. The lowest BCUT2D eigenvalue weighted by molar-refractivity contribution is -0.123.